The van der Waals surface area contributed by atoms with Crippen molar-refractivity contribution in [2.24, 2.45) is 0 Å². The molecule has 4 N–H and O–H groups in total. The Bertz CT molecular complexity index is 1370. The molecule has 2 amide bonds. The first-order valence-electron chi connectivity index (χ1n) is 11.0. The summed E-state index contributed by atoms with van der Waals surface area (Å²) in [5, 5.41) is 9.26. The Morgan fingerprint density at radius 2 is 2.03 bits per heavy atom. The third kappa shape index (κ3) is 3.83. The lowest BCUT2D eigenvalue weighted by molar-refractivity contribution is -0.118. The summed E-state index contributed by atoms with van der Waals surface area (Å²) in [6.45, 7) is 3.12. The number of benzene rings is 1. The van der Waals surface area contributed by atoms with Crippen LogP contribution < -0.4 is 31.1 Å². The maximum absolute atomic E-state index is 13.2. The van der Waals surface area contributed by atoms with Crippen molar-refractivity contribution in [2.75, 3.05) is 41.0 Å². The third-order valence-corrected chi connectivity index (χ3v) is 6.08. The van der Waals surface area contributed by atoms with Crippen molar-refractivity contribution in [3.63, 3.8) is 0 Å². The predicted octanol–water partition coefficient (Wildman–Crippen LogP) is 2.79. The number of hydrogen-bond donors (Lipinski definition) is 4. The SMILES string of the molecule is Cc1c(Nc2cc[nH]c(=O)c2C(=O)Nc2ccc3c(c2)CCC(=O)N3C)cnc2c1NCCO2. The van der Waals surface area contributed by atoms with Gasteiger partial charge in [-0.25, -0.2) is 4.98 Å². The maximum Gasteiger partial charge on any atom is 0.263 e. The van der Waals surface area contributed by atoms with Crippen molar-refractivity contribution in [1.29, 1.82) is 0 Å². The van der Waals surface area contributed by atoms with Crippen molar-refractivity contribution < 1.29 is 14.3 Å². The van der Waals surface area contributed by atoms with Crippen LogP contribution in [-0.2, 0) is 11.2 Å². The molecule has 0 atom stereocenters. The number of pyridine rings is 2. The second-order valence-electron chi connectivity index (χ2n) is 8.22. The number of H-pyrrole nitrogens is 1. The quantitative estimate of drug-likeness (QED) is 0.471. The van der Waals surface area contributed by atoms with E-state index in [2.05, 4.69) is 25.9 Å². The zero-order chi connectivity index (χ0) is 23.8. The Labute approximate surface area is 195 Å². The molecule has 3 aromatic rings. The van der Waals surface area contributed by atoms with Gasteiger partial charge >= 0.3 is 0 Å². The van der Waals surface area contributed by atoms with Crippen LogP contribution >= 0.6 is 0 Å². The predicted molar refractivity (Wildman–Crippen MR) is 129 cm³/mol. The Balaban J connectivity index is 1.43. The van der Waals surface area contributed by atoms with Crippen LogP contribution in [-0.4, -0.2) is 42.0 Å². The molecule has 0 radical (unpaired) electrons. The molecule has 1 aromatic carbocycles. The Hall–Kier alpha value is -4.34. The van der Waals surface area contributed by atoms with Crippen molar-refractivity contribution in [3.05, 3.63) is 63.7 Å². The fourth-order valence-corrected chi connectivity index (χ4v) is 4.23. The molecule has 0 spiro atoms. The number of ether oxygens (including phenoxy) is 1. The fraction of sp³-hybridized carbons (Fsp3) is 0.250. The minimum atomic E-state index is -0.547. The Morgan fingerprint density at radius 3 is 2.88 bits per heavy atom. The Morgan fingerprint density at radius 1 is 1.18 bits per heavy atom. The van der Waals surface area contributed by atoms with E-state index < -0.39 is 11.5 Å². The number of nitrogens with one attached hydrogen (secondary N) is 4. The second kappa shape index (κ2) is 8.54. The minimum Gasteiger partial charge on any atom is -0.474 e. The highest BCUT2D eigenvalue weighted by molar-refractivity contribution is 6.08. The fourth-order valence-electron chi connectivity index (χ4n) is 4.23. The van der Waals surface area contributed by atoms with Gasteiger partial charge in [0.1, 0.15) is 17.9 Å². The molecule has 0 aliphatic carbocycles. The molecule has 0 unspecified atom stereocenters. The van der Waals surface area contributed by atoms with Gasteiger partial charge in [-0.15, -0.1) is 0 Å². The smallest absolute Gasteiger partial charge is 0.263 e. The molecule has 0 saturated heterocycles. The highest BCUT2D eigenvalue weighted by Crippen LogP contribution is 2.34. The molecule has 0 bridgehead atoms. The number of carbonyl (C=O) groups excluding carboxylic acids is 2. The number of rotatable bonds is 4. The summed E-state index contributed by atoms with van der Waals surface area (Å²) in [6, 6.07) is 6.99. The number of nitrogens with zero attached hydrogens (tertiary/aromatic N) is 2. The zero-order valence-electron chi connectivity index (χ0n) is 18.8. The number of carbonyl (C=O) groups is 2. The van der Waals surface area contributed by atoms with Gasteiger partial charge in [-0.1, -0.05) is 0 Å². The first-order valence-corrected chi connectivity index (χ1v) is 11.0. The zero-order valence-corrected chi connectivity index (χ0v) is 18.8. The molecule has 34 heavy (non-hydrogen) atoms. The van der Waals surface area contributed by atoms with Crippen molar-refractivity contribution >= 4 is 40.3 Å². The first-order chi connectivity index (χ1) is 16.4. The monoisotopic (exact) mass is 460 g/mol. The number of aromatic nitrogens is 2. The van der Waals surface area contributed by atoms with Crippen LogP contribution in [0.25, 0.3) is 0 Å². The lowest BCUT2D eigenvalue weighted by atomic mass is 10.0. The molecule has 2 aliphatic heterocycles. The average Bonchev–Trinajstić information content (AvgIpc) is 2.83. The van der Waals surface area contributed by atoms with Gasteiger partial charge in [0.15, 0.2) is 0 Å². The van der Waals surface area contributed by atoms with E-state index in [4.69, 9.17) is 4.74 Å². The van der Waals surface area contributed by atoms with E-state index in [0.717, 1.165) is 22.5 Å². The number of aromatic amines is 1. The number of fused-ring (bicyclic) bond motifs is 2. The summed E-state index contributed by atoms with van der Waals surface area (Å²) < 4.78 is 5.57. The van der Waals surface area contributed by atoms with E-state index in [-0.39, 0.29) is 11.5 Å². The summed E-state index contributed by atoms with van der Waals surface area (Å²) in [4.78, 5) is 46.3. The first kappa shape index (κ1) is 21.5. The molecule has 4 heterocycles. The van der Waals surface area contributed by atoms with Crippen LogP contribution in [0.3, 0.4) is 0 Å². The summed E-state index contributed by atoms with van der Waals surface area (Å²) in [7, 11) is 1.74. The minimum absolute atomic E-state index is 0.0474. The van der Waals surface area contributed by atoms with Crippen LogP contribution in [0.4, 0.5) is 28.4 Å². The van der Waals surface area contributed by atoms with Crippen molar-refractivity contribution in [1.82, 2.24) is 9.97 Å². The summed E-state index contributed by atoms with van der Waals surface area (Å²) in [6.07, 6.45) is 4.12. The van der Waals surface area contributed by atoms with E-state index in [1.165, 1.54) is 6.20 Å². The van der Waals surface area contributed by atoms with E-state index >= 15 is 0 Å². The molecule has 0 saturated carbocycles. The van der Waals surface area contributed by atoms with Crippen molar-refractivity contribution in [3.8, 4) is 5.88 Å². The van der Waals surface area contributed by atoms with E-state index in [9.17, 15) is 14.4 Å². The van der Waals surface area contributed by atoms with Gasteiger partial charge in [0.05, 0.1) is 17.6 Å². The number of amides is 2. The Kier molecular flexibility index (Phi) is 5.40. The normalized spacial score (nSPS) is 14.4. The van der Waals surface area contributed by atoms with Gasteiger partial charge in [0.25, 0.3) is 11.5 Å². The highest BCUT2D eigenvalue weighted by atomic mass is 16.5. The molecule has 2 aromatic heterocycles. The van der Waals surface area contributed by atoms with Crippen molar-refractivity contribution in [2.45, 2.75) is 19.8 Å². The lowest BCUT2D eigenvalue weighted by Gasteiger charge is -2.26. The topological polar surface area (TPSA) is 128 Å². The van der Waals surface area contributed by atoms with Crippen LogP contribution in [0.5, 0.6) is 5.88 Å². The van der Waals surface area contributed by atoms with Crippen LogP contribution in [0.15, 0.2) is 41.5 Å². The average molecular weight is 460 g/mol. The van der Waals surface area contributed by atoms with E-state index in [1.54, 1.807) is 36.3 Å². The molecule has 10 heteroatoms. The summed E-state index contributed by atoms with van der Waals surface area (Å²) >= 11 is 0. The molecule has 0 fully saturated rings. The third-order valence-electron chi connectivity index (χ3n) is 6.08. The van der Waals surface area contributed by atoms with Gasteiger partial charge in [-0.2, -0.15) is 0 Å². The molecule has 10 nitrogen and oxygen atoms in total. The van der Waals surface area contributed by atoms with Gasteiger partial charge in [-0.05, 0) is 43.2 Å². The summed E-state index contributed by atoms with van der Waals surface area (Å²) in [5.41, 5.74) is 4.42. The number of aryl methyl sites for hydroxylation is 1. The molecule has 5 rings (SSSR count). The molecular weight excluding hydrogens is 436 g/mol. The van der Waals surface area contributed by atoms with Gasteiger partial charge in [0.2, 0.25) is 11.8 Å². The highest BCUT2D eigenvalue weighted by Gasteiger charge is 2.23. The van der Waals surface area contributed by atoms with E-state index in [1.807, 2.05) is 13.0 Å². The lowest BCUT2D eigenvalue weighted by Crippen LogP contribution is -2.31. The van der Waals surface area contributed by atoms with Gasteiger partial charge in [0, 0.05) is 43.1 Å². The van der Waals surface area contributed by atoms with Crippen LogP contribution in [0.1, 0.15) is 27.9 Å². The molecule has 2 aliphatic rings. The number of hydrogen-bond acceptors (Lipinski definition) is 7. The maximum atomic E-state index is 13.2. The molecular formula is C24H24N6O4. The standard InChI is InChI=1S/C24H24N6O4/c1-13-17(12-27-24-21(13)25-9-10-34-24)29-16-7-8-26-22(32)20(16)23(33)28-15-4-5-18-14(11-15)3-6-19(31)30(18)2/h4-5,7-8,11-12,25H,3,6,9-10H2,1-2H3,(H,28,33)(H2,26,29,32). The van der Waals surface area contributed by atoms with Crippen LogP contribution in [0.2, 0.25) is 0 Å². The van der Waals surface area contributed by atoms with Crippen LogP contribution in [0, 0.1) is 6.92 Å². The van der Waals surface area contributed by atoms with Gasteiger partial charge in [-0.3, -0.25) is 14.4 Å². The summed E-state index contributed by atoms with van der Waals surface area (Å²) in [5.74, 6) is 0.0389. The van der Waals surface area contributed by atoms with Gasteiger partial charge < -0.3 is 30.6 Å². The second-order valence-corrected chi connectivity index (χ2v) is 8.22. The molecule has 174 valence electrons. The van der Waals surface area contributed by atoms with E-state index in [0.29, 0.717) is 48.9 Å². The largest absolute Gasteiger partial charge is 0.474 e. The number of anilines is 5.